The minimum Gasteiger partial charge on any atom is -0.733 e. The van der Waals surface area contributed by atoms with Gasteiger partial charge in [0, 0.05) is 30.9 Å². The molecule has 47 heavy (non-hydrogen) atoms. The Morgan fingerprint density at radius 3 is 2.09 bits per heavy atom. The first kappa shape index (κ1) is 35.4. The van der Waals surface area contributed by atoms with Crippen molar-refractivity contribution in [2.75, 3.05) is 39.5 Å². The van der Waals surface area contributed by atoms with E-state index in [0.29, 0.717) is 29.9 Å². The number of esters is 2. The van der Waals surface area contributed by atoms with Gasteiger partial charge in [0.2, 0.25) is 0 Å². The van der Waals surface area contributed by atoms with Crippen LogP contribution in [0.5, 0.6) is 0 Å². The van der Waals surface area contributed by atoms with Crippen LogP contribution >= 0.6 is 0 Å². The number of carbonyl (C=O) groups excluding carboxylic acids is 2. The lowest BCUT2D eigenvalue weighted by Crippen LogP contribution is -2.43. The number of methoxy groups -OCH3 is 1. The second kappa shape index (κ2) is 15.4. The van der Waals surface area contributed by atoms with Crippen molar-refractivity contribution in [1.82, 2.24) is 9.80 Å². The molecule has 1 heterocycles. The molecule has 1 aliphatic rings. The molecule has 250 valence electrons. The molecule has 0 saturated heterocycles. The summed E-state index contributed by atoms with van der Waals surface area (Å²) >= 11 is 0. The van der Waals surface area contributed by atoms with Crippen molar-refractivity contribution in [3.05, 3.63) is 129 Å². The Labute approximate surface area is 278 Å². The van der Waals surface area contributed by atoms with E-state index in [2.05, 4.69) is 53.4 Å². The second-order valence-corrected chi connectivity index (χ2v) is 12.6. The standard InChI is InChI=1S/C38H46N3O6/c1-8-32-35(34(29-20-15-21-30(24-29)41(44)45)33(36(42)46-7)26(2)40(32)6)37(43)47-38(3,4)25-39(5)23-22-31(27-16-11-9-12-17-27)28-18-13-10-14-19-28/h9-21,24,31,34,44H,8,22-23,25H2,1-7H3/q-1. The number of benzene rings is 3. The highest BCUT2D eigenvalue weighted by atomic mass is 16.8. The molecule has 1 atom stereocenters. The summed E-state index contributed by atoms with van der Waals surface area (Å²) in [6, 6.07) is 27.1. The third kappa shape index (κ3) is 8.29. The quantitative estimate of drug-likeness (QED) is 0.156. The summed E-state index contributed by atoms with van der Waals surface area (Å²) in [7, 11) is 5.12. The lowest BCUT2D eigenvalue weighted by atomic mass is 9.79. The van der Waals surface area contributed by atoms with Crippen LogP contribution in [0.25, 0.3) is 0 Å². The summed E-state index contributed by atoms with van der Waals surface area (Å²) in [5, 5.41) is 21.2. The van der Waals surface area contributed by atoms with Gasteiger partial charge in [0.25, 0.3) is 0 Å². The molecule has 4 rings (SSSR count). The van der Waals surface area contributed by atoms with Gasteiger partial charge in [-0.15, -0.1) is 0 Å². The molecule has 0 fully saturated rings. The van der Waals surface area contributed by atoms with E-state index in [0.717, 1.165) is 13.0 Å². The topological polar surface area (TPSA) is 106 Å². The molecular formula is C38H46N3O6-. The van der Waals surface area contributed by atoms with Gasteiger partial charge < -0.3 is 29.7 Å². The van der Waals surface area contributed by atoms with Crippen LogP contribution in [0.15, 0.2) is 107 Å². The number of hydrogen-bond acceptors (Lipinski definition) is 9. The Hall–Kier alpha value is -4.44. The Morgan fingerprint density at radius 1 is 0.957 bits per heavy atom. The van der Waals surface area contributed by atoms with Gasteiger partial charge in [-0.1, -0.05) is 79.7 Å². The van der Waals surface area contributed by atoms with Gasteiger partial charge in [-0.2, -0.15) is 0 Å². The van der Waals surface area contributed by atoms with Crippen molar-refractivity contribution in [2.45, 2.75) is 58.0 Å². The first-order chi connectivity index (χ1) is 22.4. The third-order valence-electron chi connectivity index (χ3n) is 8.79. The zero-order valence-corrected chi connectivity index (χ0v) is 28.4. The van der Waals surface area contributed by atoms with E-state index in [-0.39, 0.29) is 28.0 Å². The first-order valence-corrected chi connectivity index (χ1v) is 15.9. The molecule has 1 N–H and O–H groups in total. The maximum Gasteiger partial charge on any atom is 0.337 e. The summed E-state index contributed by atoms with van der Waals surface area (Å²) in [6.45, 7) is 8.72. The molecule has 0 saturated carbocycles. The van der Waals surface area contributed by atoms with E-state index in [1.807, 2.05) is 44.9 Å². The molecule has 0 spiro atoms. The van der Waals surface area contributed by atoms with Gasteiger partial charge in [0.05, 0.1) is 29.9 Å². The fourth-order valence-corrected chi connectivity index (χ4v) is 6.59. The molecule has 0 amide bonds. The predicted octanol–water partition coefficient (Wildman–Crippen LogP) is 7.00. The van der Waals surface area contributed by atoms with Crippen LogP contribution in [0.3, 0.4) is 0 Å². The normalized spacial score (nSPS) is 15.4. The molecule has 9 heteroatoms. The van der Waals surface area contributed by atoms with E-state index < -0.39 is 23.5 Å². The number of likely N-dealkylation sites (N-methyl/N-ethyl adjacent to an activating group) is 1. The van der Waals surface area contributed by atoms with Gasteiger partial charge in [-0.3, -0.25) is 5.21 Å². The van der Waals surface area contributed by atoms with Crippen molar-refractivity contribution < 1.29 is 24.3 Å². The van der Waals surface area contributed by atoms with E-state index in [1.165, 1.54) is 30.4 Å². The SMILES string of the molecule is CCC1=C(C(=O)OC(C)(C)CN(C)CCC(c2ccccc2)c2ccccc2)C(c2cccc(N([O-])O)c2)C(C(=O)OC)=C(C)N1C. The van der Waals surface area contributed by atoms with Gasteiger partial charge >= 0.3 is 11.9 Å². The lowest BCUT2D eigenvalue weighted by Gasteiger charge is -2.38. The van der Waals surface area contributed by atoms with E-state index in [4.69, 9.17) is 9.47 Å². The molecule has 0 aliphatic carbocycles. The maximum absolute atomic E-state index is 14.3. The molecule has 9 nitrogen and oxygen atoms in total. The molecule has 0 radical (unpaired) electrons. The average molecular weight is 641 g/mol. The van der Waals surface area contributed by atoms with Crippen molar-refractivity contribution in [3.8, 4) is 0 Å². The van der Waals surface area contributed by atoms with Crippen LogP contribution in [0.2, 0.25) is 0 Å². The molecule has 1 unspecified atom stereocenters. The molecule has 3 aromatic rings. The average Bonchev–Trinajstić information content (AvgIpc) is 3.05. The van der Waals surface area contributed by atoms with Crippen molar-refractivity contribution in [1.29, 1.82) is 0 Å². The number of hydrogen-bond donors (Lipinski definition) is 1. The van der Waals surface area contributed by atoms with Crippen LogP contribution < -0.4 is 5.23 Å². The Bertz CT molecular complexity index is 1560. The van der Waals surface area contributed by atoms with Crippen LogP contribution in [0.4, 0.5) is 5.69 Å². The van der Waals surface area contributed by atoms with Gasteiger partial charge in [0.1, 0.15) is 5.60 Å². The number of ether oxygens (including phenoxy) is 2. The summed E-state index contributed by atoms with van der Waals surface area (Å²) in [5.41, 5.74) is 3.92. The fourth-order valence-electron chi connectivity index (χ4n) is 6.59. The van der Waals surface area contributed by atoms with Crippen molar-refractivity contribution in [3.63, 3.8) is 0 Å². The Balaban J connectivity index is 1.60. The molecule has 0 bridgehead atoms. The highest BCUT2D eigenvalue weighted by molar-refractivity contribution is 6.00. The van der Waals surface area contributed by atoms with Crippen molar-refractivity contribution in [2.24, 2.45) is 0 Å². The molecule has 1 aliphatic heterocycles. The summed E-state index contributed by atoms with van der Waals surface area (Å²) in [5.74, 6) is -1.83. The van der Waals surface area contributed by atoms with E-state index >= 15 is 0 Å². The summed E-state index contributed by atoms with van der Waals surface area (Å²) in [4.78, 5) is 31.5. The highest BCUT2D eigenvalue weighted by Gasteiger charge is 2.42. The smallest absolute Gasteiger partial charge is 0.337 e. The Kier molecular flexibility index (Phi) is 11.6. The van der Waals surface area contributed by atoms with Crippen LogP contribution in [-0.2, 0) is 19.1 Å². The second-order valence-electron chi connectivity index (χ2n) is 12.6. The number of rotatable bonds is 13. The van der Waals surface area contributed by atoms with Crippen molar-refractivity contribution >= 4 is 17.6 Å². The van der Waals surface area contributed by atoms with E-state index in [9.17, 15) is 20.0 Å². The number of allylic oxidation sites excluding steroid dienone is 2. The molecule has 3 aromatic carbocycles. The third-order valence-corrected chi connectivity index (χ3v) is 8.79. The minimum absolute atomic E-state index is 0.0275. The van der Waals surface area contributed by atoms with Crippen LogP contribution in [0, 0.1) is 5.21 Å². The van der Waals surface area contributed by atoms with Crippen LogP contribution in [-0.4, -0.2) is 66.8 Å². The summed E-state index contributed by atoms with van der Waals surface area (Å²) < 4.78 is 11.4. The van der Waals surface area contributed by atoms with Gasteiger partial charge in [-0.05, 0) is 76.0 Å². The number of carbonyl (C=O) groups is 2. The fraction of sp³-hybridized carbons (Fsp3) is 0.368. The van der Waals surface area contributed by atoms with Crippen LogP contribution in [0.1, 0.15) is 69.1 Å². The summed E-state index contributed by atoms with van der Waals surface area (Å²) in [6.07, 6.45) is 1.36. The maximum atomic E-state index is 14.3. The minimum atomic E-state index is -0.893. The monoisotopic (exact) mass is 640 g/mol. The van der Waals surface area contributed by atoms with Gasteiger partial charge in [-0.25, -0.2) is 9.59 Å². The first-order valence-electron chi connectivity index (χ1n) is 15.9. The lowest BCUT2D eigenvalue weighted by molar-refractivity contribution is -0.153. The van der Waals surface area contributed by atoms with E-state index in [1.54, 1.807) is 26.1 Å². The number of anilines is 1. The predicted molar refractivity (Wildman–Crippen MR) is 184 cm³/mol. The molecular weight excluding hydrogens is 594 g/mol. The largest absolute Gasteiger partial charge is 0.733 e. The zero-order valence-electron chi connectivity index (χ0n) is 28.4. The molecule has 0 aromatic heterocycles. The highest BCUT2D eigenvalue weighted by Crippen LogP contribution is 2.44. The van der Waals surface area contributed by atoms with Gasteiger partial charge in [0.15, 0.2) is 0 Å². The Morgan fingerprint density at radius 2 is 1.55 bits per heavy atom. The zero-order chi connectivity index (χ0) is 34.3. The number of nitrogens with zero attached hydrogens (tertiary/aromatic N) is 3.